The number of carbonyl (C=O) groups is 2. The molecule has 2 N–H and O–H groups in total. The van der Waals surface area contributed by atoms with Crippen LogP contribution in [0, 0.1) is 5.92 Å². The normalized spacial score (nSPS) is 15.4. The quantitative estimate of drug-likeness (QED) is 0.620. The van der Waals surface area contributed by atoms with Crippen molar-refractivity contribution in [2.24, 2.45) is 5.92 Å². The third-order valence-electron chi connectivity index (χ3n) is 4.95. The molecule has 0 fully saturated rings. The van der Waals surface area contributed by atoms with Crippen LogP contribution in [0.4, 0.5) is 0 Å². The first-order valence-electron chi connectivity index (χ1n) is 9.56. The van der Waals surface area contributed by atoms with E-state index in [1.54, 1.807) is 23.5 Å². The number of para-hydroxylation sites is 1. The lowest BCUT2D eigenvalue weighted by Gasteiger charge is -2.18. The van der Waals surface area contributed by atoms with Crippen LogP contribution in [0.1, 0.15) is 50.5 Å². The Hall–Kier alpha value is -3.06. The van der Waals surface area contributed by atoms with Gasteiger partial charge in [-0.2, -0.15) is 0 Å². The van der Waals surface area contributed by atoms with Gasteiger partial charge in [0.05, 0.1) is 5.56 Å². The largest absolute Gasteiger partial charge is 0.486 e. The number of hydrogen-bond donors (Lipinski definition) is 2. The second kappa shape index (κ2) is 8.53. The van der Waals surface area contributed by atoms with E-state index in [2.05, 4.69) is 17.8 Å². The molecule has 1 aliphatic carbocycles. The van der Waals surface area contributed by atoms with Gasteiger partial charge >= 0.3 is 5.91 Å². The zero-order chi connectivity index (χ0) is 20.2. The van der Waals surface area contributed by atoms with Crippen molar-refractivity contribution in [3.8, 4) is 5.75 Å². The summed E-state index contributed by atoms with van der Waals surface area (Å²) < 4.78 is 11.1. The van der Waals surface area contributed by atoms with Gasteiger partial charge in [0, 0.05) is 10.3 Å². The number of furan rings is 1. The molecule has 0 spiro atoms. The minimum atomic E-state index is -0.512. The van der Waals surface area contributed by atoms with Gasteiger partial charge in [0.15, 0.2) is 5.76 Å². The molecule has 2 aromatic heterocycles. The minimum absolute atomic E-state index is 0.109. The molecule has 0 saturated heterocycles. The van der Waals surface area contributed by atoms with Crippen molar-refractivity contribution in [2.45, 2.75) is 32.8 Å². The van der Waals surface area contributed by atoms with Gasteiger partial charge in [-0.3, -0.25) is 20.4 Å². The maximum atomic E-state index is 12.5. The average molecular weight is 410 g/mol. The van der Waals surface area contributed by atoms with E-state index in [9.17, 15) is 9.59 Å². The number of ether oxygens (including phenoxy) is 1. The molecule has 1 aliphatic rings. The van der Waals surface area contributed by atoms with E-state index in [0.717, 1.165) is 30.6 Å². The second-order valence-electron chi connectivity index (χ2n) is 7.18. The summed E-state index contributed by atoms with van der Waals surface area (Å²) in [5, 5.41) is 1.87. The van der Waals surface area contributed by atoms with Gasteiger partial charge in [-0.25, -0.2) is 0 Å². The number of fused-ring (bicyclic) bond motifs is 1. The number of nitrogens with one attached hydrogen (secondary N) is 2. The third kappa shape index (κ3) is 4.51. The van der Waals surface area contributed by atoms with Gasteiger partial charge in [-0.1, -0.05) is 25.1 Å². The summed E-state index contributed by atoms with van der Waals surface area (Å²) in [7, 11) is 0. The summed E-state index contributed by atoms with van der Waals surface area (Å²) >= 11 is 1.62. The number of carbonyl (C=O) groups excluding carboxylic acids is 2. The minimum Gasteiger partial charge on any atom is -0.486 e. The van der Waals surface area contributed by atoms with Crippen LogP contribution in [0.15, 0.2) is 52.3 Å². The van der Waals surface area contributed by atoms with Crippen LogP contribution in [-0.2, 0) is 19.4 Å². The molecule has 0 bridgehead atoms. The number of hydrogen-bond acceptors (Lipinski definition) is 5. The zero-order valence-electron chi connectivity index (χ0n) is 16.1. The molecule has 0 saturated carbocycles. The Morgan fingerprint density at radius 2 is 1.93 bits per heavy atom. The number of thiophene rings is 1. The molecule has 0 aliphatic heterocycles. The van der Waals surface area contributed by atoms with E-state index < -0.39 is 5.91 Å². The first kappa shape index (κ1) is 19.3. The fourth-order valence-corrected chi connectivity index (χ4v) is 4.60. The highest BCUT2D eigenvalue weighted by atomic mass is 32.1. The molecule has 2 amide bonds. The molecule has 6 nitrogen and oxygen atoms in total. The Bertz CT molecular complexity index is 1010. The van der Waals surface area contributed by atoms with Crippen LogP contribution < -0.4 is 15.6 Å². The van der Waals surface area contributed by atoms with Crippen molar-refractivity contribution in [3.05, 3.63) is 75.4 Å². The topological polar surface area (TPSA) is 80.6 Å². The van der Waals surface area contributed by atoms with Crippen molar-refractivity contribution < 1.29 is 18.7 Å². The molecule has 2 heterocycles. The lowest BCUT2D eigenvalue weighted by atomic mass is 9.88. The van der Waals surface area contributed by atoms with Crippen LogP contribution in [0.5, 0.6) is 5.75 Å². The van der Waals surface area contributed by atoms with E-state index in [0.29, 0.717) is 17.2 Å². The maximum absolute atomic E-state index is 12.5. The van der Waals surface area contributed by atoms with Crippen molar-refractivity contribution in [1.82, 2.24) is 10.9 Å². The highest BCUT2D eigenvalue weighted by Crippen LogP contribution is 2.32. The molecule has 7 heteroatoms. The first-order chi connectivity index (χ1) is 14.1. The van der Waals surface area contributed by atoms with Crippen LogP contribution >= 0.6 is 11.3 Å². The summed E-state index contributed by atoms with van der Waals surface area (Å²) in [6.45, 7) is 2.44. The average Bonchev–Trinajstić information content (AvgIpc) is 3.38. The van der Waals surface area contributed by atoms with Crippen molar-refractivity contribution in [2.75, 3.05) is 0 Å². The summed E-state index contributed by atoms with van der Waals surface area (Å²) in [4.78, 5) is 26.0. The number of amides is 2. The van der Waals surface area contributed by atoms with Crippen molar-refractivity contribution in [1.29, 1.82) is 0 Å². The zero-order valence-corrected chi connectivity index (χ0v) is 16.9. The van der Waals surface area contributed by atoms with Gasteiger partial charge in [0.25, 0.3) is 5.91 Å². The maximum Gasteiger partial charge on any atom is 0.305 e. The highest BCUT2D eigenvalue weighted by Gasteiger charge is 2.23. The Kier molecular flexibility index (Phi) is 5.67. The Balaban J connectivity index is 1.31. The van der Waals surface area contributed by atoms with Crippen LogP contribution in [0.2, 0.25) is 0 Å². The molecule has 1 aromatic carbocycles. The predicted molar refractivity (Wildman–Crippen MR) is 110 cm³/mol. The monoisotopic (exact) mass is 410 g/mol. The summed E-state index contributed by atoms with van der Waals surface area (Å²) in [5.41, 5.74) is 6.67. The molecular formula is C22H22N2O4S. The molecule has 0 radical (unpaired) electrons. The predicted octanol–water partition coefficient (Wildman–Crippen LogP) is 4.12. The summed E-state index contributed by atoms with van der Waals surface area (Å²) in [6, 6.07) is 12.6. The van der Waals surface area contributed by atoms with Gasteiger partial charge in [0.1, 0.15) is 18.1 Å². The molecule has 29 heavy (non-hydrogen) atoms. The Labute approximate surface area is 172 Å². The van der Waals surface area contributed by atoms with Crippen LogP contribution in [0.3, 0.4) is 0 Å². The summed E-state index contributed by atoms with van der Waals surface area (Å²) in [5.74, 6) is 1.18. The SMILES string of the molecule is CC1CCc2c(C(=O)NNC(=O)c3ccc(COc4ccccc4)o3)csc2C1. The van der Waals surface area contributed by atoms with Gasteiger partial charge in [-0.05, 0) is 55.0 Å². The van der Waals surface area contributed by atoms with E-state index >= 15 is 0 Å². The number of rotatable bonds is 5. The van der Waals surface area contributed by atoms with Crippen molar-refractivity contribution in [3.63, 3.8) is 0 Å². The van der Waals surface area contributed by atoms with E-state index in [1.807, 2.05) is 35.7 Å². The van der Waals surface area contributed by atoms with E-state index in [1.165, 1.54) is 4.88 Å². The first-order valence-corrected chi connectivity index (χ1v) is 10.4. The standard InChI is InChI=1S/C22H22N2O4S/c1-14-7-9-17-18(13-29-20(17)11-14)21(25)23-24-22(26)19-10-8-16(28-19)12-27-15-5-3-2-4-6-15/h2-6,8,10,13-14H,7,9,11-12H2,1H3,(H,23,25)(H,24,26). The van der Waals surface area contributed by atoms with E-state index in [-0.39, 0.29) is 18.3 Å². The Morgan fingerprint density at radius 3 is 2.76 bits per heavy atom. The number of hydrazine groups is 1. The second-order valence-corrected chi connectivity index (χ2v) is 8.14. The molecule has 3 aromatic rings. The van der Waals surface area contributed by atoms with Crippen LogP contribution in [-0.4, -0.2) is 11.8 Å². The smallest absolute Gasteiger partial charge is 0.305 e. The Morgan fingerprint density at radius 1 is 1.14 bits per heavy atom. The molecule has 1 unspecified atom stereocenters. The highest BCUT2D eigenvalue weighted by molar-refractivity contribution is 7.10. The van der Waals surface area contributed by atoms with Crippen LogP contribution in [0.25, 0.3) is 0 Å². The lowest BCUT2D eigenvalue weighted by molar-refractivity contribution is 0.0828. The van der Waals surface area contributed by atoms with Gasteiger partial charge in [0.2, 0.25) is 0 Å². The van der Waals surface area contributed by atoms with E-state index in [4.69, 9.17) is 9.15 Å². The fraction of sp³-hybridized carbons (Fsp3) is 0.273. The molecular weight excluding hydrogens is 388 g/mol. The fourth-order valence-electron chi connectivity index (χ4n) is 3.36. The van der Waals surface area contributed by atoms with Gasteiger partial charge < -0.3 is 9.15 Å². The summed E-state index contributed by atoms with van der Waals surface area (Å²) in [6.07, 6.45) is 3.00. The molecule has 4 rings (SSSR count). The molecule has 150 valence electrons. The molecule has 1 atom stereocenters. The van der Waals surface area contributed by atoms with Gasteiger partial charge in [-0.15, -0.1) is 11.3 Å². The lowest BCUT2D eigenvalue weighted by Crippen LogP contribution is -2.41. The third-order valence-corrected chi connectivity index (χ3v) is 6.00. The van der Waals surface area contributed by atoms with Crippen molar-refractivity contribution >= 4 is 23.2 Å². The number of benzene rings is 1.